The van der Waals surface area contributed by atoms with Crippen LogP contribution in [0, 0.1) is 17.8 Å². The van der Waals surface area contributed by atoms with Crippen LogP contribution in [0.4, 0.5) is 0 Å². The molecule has 4 atom stereocenters. The zero-order valence-electron chi connectivity index (χ0n) is 19.5. The second-order valence-corrected chi connectivity index (χ2v) is 9.20. The third-order valence-corrected chi connectivity index (χ3v) is 7.35. The molecule has 3 heteroatoms. The molecule has 0 radical (unpaired) electrons. The highest BCUT2D eigenvalue weighted by molar-refractivity contribution is 7.17. The Morgan fingerprint density at radius 3 is 1.48 bits per heavy atom. The normalized spacial score (nSPS) is 17.9. The van der Waals surface area contributed by atoms with Crippen molar-refractivity contribution in [2.45, 2.75) is 137 Å². The summed E-state index contributed by atoms with van der Waals surface area (Å²) in [7, 11) is -1.14. The molecule has 0 aromatic heterocycles. The Hall–Kier alpha value is 0.190. The monoisotopic (exact) mass is 402 g/mol. The molecule has 0 bridgehead atoms. The second kappa shape index (κ2) is 17.1. The molecule has 2 nitrogen and oxygen atoms in total. The highest BCUT2D eigenvalue weighted by atomic mass is 31.1. The highest BCUT2D eigenvalue weighted by Gasteiger charge is 2.41. The van der Waals surface area contributed by atoms with Crippen molar-refractivity contribution in [3.8, 4) is 0 Å². The molecule has 0 amide bonds. The fourth-order valence-electron chi connectivity index (χ4n) is 4.86. The van der Waals surface area contributed by atoms with Gasteiger partial charge in [0.15, 0.2) is 8.69 Å². The van der Waals surface area contributed by atoms with Gasteiger partial charge in [-0.2, -0.15) is 0 Å². The van der Waals surface area contributed by atoms with E-state index in [4.69, 9.17) is 4.52 Å². The average molecular weight is 403 g/mol. The lowest BCUT2D eigenvalue weighted by Crippen LogP contribution is -2.42. The van der Waals surface area contributed by atoms with Crippen LogP contribution in [0.25, 0.3) is 0 Å². The van der Waals surface area contributed by atoms with Gasteiger partial charge in [0.2, 0.25) is 0 Å². The lowest BCUT2D eigenvalue weighted by Gasteiger charge is -2.43. The number of rotatable bonds is 19. The van der Waals surface area contributed by atoms with Gasteiger partial charge in [-0.25, -0.2) is 0 Å². The van der Waals surface area contributed by atoms with Gasteiger partial charge in [-0.15, -0.1) is 0 Å². The van der Waals surface area contributed by atoms with Crippen molar-refractivity contribution in [3.63, 3.8) is 0 Å². The van der Waals surface area contributed by atoms with Crippen LogP contribution in [-0.4, -0.2) is 5.60 Å². The topological polar surface area (TPSA) is 26.3 Å². The molecule has 0 aliphatic rings. The third kappa shape index (κ3) is 10.5. The van der Waals surface area contributed by atoms with Gasteiger partial charge in [0.25, 0.3) is 0 Å². The first-order valence-electron chi connectivity index (χ1n) is 12.2. The van der Waals surface area contributed by atoms with E-state index in [9.17, 15) is 4.57 Å². The quantitative estimate of drug-likeness (QED) is 0.202. The molecule has 0 N–H and O–H groups in total. The van der Waals surface area contributed by atoms with Crippen molar-refractivity contribution in [2.24, 2.45) is 17.8 Å². The lowest BCUT2D eigenvalue weighted by atomic mass is 9.70. The van der Waals surface area contributed by atoms with E-state index in [1.807, 2.05) is 0 Å². The van der Waals surface area contributed by atoms with Gasteiger partial charge in [0.05, 0.1) is 5.60 Å². The second-order valence-electron chi connectivity index (χ2n) is 8.77. The summed E-state index contributed by atoms with van der Waals surface area (Å²) >= 11 is 0. The molecular formula is C24H51O2P. The first-order chi connectivity index (χ1) is 13.1. The van der Waals surface area contributed by atoms with E-state index in [0.717, 1.165) is 19.3 Å². The lowest BCUT2D eigenvalue weighted by molar-refractivity contribution is -0.0336. The van der Waals surface area contributed by atoms with Crippen LogP contribution in [0.15, 0.2) is 0 Å². The SMILES string of the molecule is CCCCC(CC)CC(CC(CC)CCCC)(O[PH2]=O)C(CC)CCCC. The molecule has 0 saturated heterocycles. The van der Waals surface area contributed by atoms with Gasteiger partial charge in [0.1, 0.15) is 0 Å². The van der Waals surface area contributed by atoms with Gasteiger partial charge in [-0.1, -0.05) is 112 Å². The summed E-state index contributed by atoms with van der Waals surface area (Å²) in [4.78, 5) is 0. The number of unbranched alkanes of at least 4 members (excludes halogenated alkanes) is 3. The number of hydrogen-bond acceptors (Lipinski definition) is 2. The first kappa shape index (κ1) is 27.2. The fraction of sp³-hybridized carbons (Fsp3) is 1.00. The summed E-state index contributed by atoms with van der Waals surface area (Å²) in [5, 5.41) is 0. The molecule has 0 heterocycles. The summed E-state index contributed by atoms with van der Waals surface area (Å²) in [6, 6.07) is 0. The van der Waals surface area contributed by atoms with Crippen molar-refractivity contribution in [1.82, 2.24) is 0 Å². The molecule has 27 heavy (non-hydrogen) atoms. The Balaban J connectivity index is 5.65. The van der Waals surface area contributed by atoms with E-state index in [0.29, 0.717) is 17.8 Å². The van der Waals surface area contributed by atoms with Crippen LogP contribution >= 0.6 is 8.69 Å². The minimum atomic E-state index is -1.14. The van der Waals surface area contributed by atoms with Crippen LogP contribution < -0.4 is 0 Å². The van der Waals surface area contributed by atoms with Gasteiger partial charge in [-0.3, -0.25) is 4.57 Å². The van der Waals surface area contributed by atoms with Gasteiger partial charge < -0.3 is 4.52 Å². The van der Waals surface area contributed by atoms with Crippen LogP contribution in [0.2, 0.25) is 0 Å². The van der Waals surface area contributed by atoms with Crippen molar-refractivity contribution in [2.75, 3.05) is 0 Å². The average Bonchev–Trinajstić information content (AvgIpc) is 2.68. The summed E-state index contributed by atoms with van der Waals surface area (Å²) < 4.78 is 18.2. The van der Waals surface area contributed by atoms with E-state index in [2.05, 4.69) is 41.5 Å². The van der Waals surface area contributed by atoms with Gasteiger partial charge in [0, 0.05) is 0 Å². The predicted octanol–water partition coefficient (Wildman–Crippen LogP) is 8.84. The molecular weight excluding hydrogens is 351 g/mol. The highest BCUT2D eigenvalue weighted by Crippen LogP contribution is 2.45. The van der Waals surface area contributed by atoms with Crippen molar-refractivity contribution in [1.29, 1.82) is 0 Å². The van der Waals surface area contributed by atoms with Gasteiger partial charge >= 0.3 is 0 Å². The van der Waals surface area contributed by atoms with Crippen LogP contribution in [0.1, 0.15) is 131 Å². The maximum Gasteiger partial charge on any atom is 0.180 e. The molecule has 0 fully saturated rings. The minimum absolute atomic E-state index is 0.163. The predicted molar refractivity (Wildman–Crippen MR) is 123 cm³/mol. The smallest absolute Gasteiger partial charge is 0.180 e. The van der Waals surface area contributed by atoms with E-state index >= 15 is 0 Å². The van der Waals surface area contributed by atoms with Crippen molar-refractivity contribution >= 4 is 8.69 Å². The van der Waals surface area contributed by atoms with Crippen molar-refractivity contribution in [3.05, 3.63) is 0 Å². The van der Waals surface area contributed by atoms with Gasteiger partial charge in [-0.05, 0) is 37.0 Å². The molecule has 0 aromatic carbocycles. The molecule has 0 aliphatic heterocycles. The maximum atomic E-state index is 11.9. The molecule has 0 saturated carbocycles. The Morgan fingerprint density at radius 2 is 1.15 bits per heavy atom. The van der Waals surface area contributed by atoms with E-state index in [-0.39, 0.29) is 5.60 Å². The zero-order chi connectivity index (χ0) is 20.5. The first-order valence-corrected chi connectivity index (χ1v) is 13.1. The molecule has 4 unspecified atom stereocenters. The molecule has 164 valence electrons. The summed E-state index contributed by atoms with van der Waals surface area (Å²) in [5.74, 6) is 1.95. The fourth-order valence-corrected chi connectivity index (χ4v) is 5.44. The maximum absolute atomic E-state index is 11.9. The zero-order valence-corrected chi connectivity index (χ0v) is 20.7. The van der Waals surface area contributed by atoms with Crippen LogP contribution in [0.5, 0.6) is 0 Å². The Labute approximate surface area is 172 Å². The molecule has 0 aromatic rings. The van der Waals surface area contributed by atoms with Crippen molar-refractivity contribution < 1.29 is 9.09 Å². The van der Waals surface area contributed by atoms with Crippen LogP contribution in [0.3, 0.4) is 0 Å². The largest absolute Gasteiger partial charge is 0.325 e. The standard InChI is InChI=1S/C24H51O2P/c1-7-13-16-21(10-4)19-24(26-27-25,23(12-6)18-15-9-3)20-22(11-5)17-14-8-2/h21-23H,7-20,27H2,1-6H3. The minimum Gasteiger partial charge on any atom is -0.325 e. The van der Waals surface area contributed by atoms with Crippen LogP contribution in [-0.2, 0) is 9.09 Å². The molecule has 0 aliphatic carbocycles. The third-order valence-electron chi connectivity index (χ3n) is 6.78. The summed E-state index contributed by atoms with van der Waals surface area (Å²) in [6.07, 6.45) is 17.2. The van der Waals surface area contributed by atoms with E-state index in [1.165, 1.54) is 70.6 Å². The molecule has 0 rings (SSSR count). The Bertz CT molecular complexity index is 327. The summed E-state index contributed by atoms with van der Waals surface area (Å²) in [5.41, 5.74) is -0.163. The van der Waals surface area contributed by atoms with E-state index in [1.54, 1.807) is 0 Å². The Kier molecular flexibility index (Phi) is 17.2. The Morgan fingerprint density at radius 1 is 0.704 bits per heavy atom. The van der Waals surface area contributed by atoms with E-state index < -0.39 is 8.69 Å². The summed E-state index contributed by atoms with van der Waals surface area (Å²) in [6.45, 7) is 13.8. The number of hydrogen-bond donors (Lipinski definition) is 0. The molecule has 0 spiro atoms.